The Kier molecular flexibility index (Phi) is 2.01. The molecule has 7 heteroatoms. The first kappa shape index (κ1) is 11.1. The summed E-state index contributed by atoms with van der Waals surface area (Å²) in [6.07, 6.45) is 4.74. The first-order valence-corrected chi connectivity index (χ1v) is 6.81. The van der Waals surface area contributed by atoms with E-state index in [0.29, 0.717) is 11.7 Å². The zero-order valence-electron chi connectivity index (χ0n) is 9.72. The highest BCUT2D eigenvalue weighted by molar-refractivity contribution is 7.13. The van der Waals surface area contributed by atoms with E-state index >= 15 is 0 Å². The van der Waals surface area contributed by atoms with Crippen LogP contribution in [0.2, 0.25) is 0 Å². The number of amides is 1. The maximum absolute atomic E-state index is 12.5. The van der Waals surface area contributed by atoms with Crippen LogP contribution >= 0.6 is 11.3 Å². The van der Waals surface area contributed by atoms with E-state index in [4.69, 9.17) is 4.74 Å². The summed E-state index contributed by atoms with van der Waals surface area (Å²) in [6, 6.07) is 0. The molecular weight excluding hydrogens is 268 g/mol. The largest absolute Gasteiger partial charge is 0.481 e. The van der Waals surface area contributed by atoms with Crippen LogP contribution in [0.3, 0.4) is 0 Å². The molecule has 0 aromatic carbocycles. The summed E-state index contributed by atoms with van der Waals surface area (Å²) >= 11 is 1.36. The summed E-state index contributed by atoms with van der Waals surface area (Å²) in [7, 11) is 0. The van der Waals surface area contributed by atoms with Gasteiger partial charge in [-0.1, -0.05) is 12.2 Å². The third kappa shape index (κ3) is 1.26. The Morgan fingerprint density at radius 2 is 2.47 bits per heavy atom. The molecule has 3 aliphatic rings. The predicted molar refractivity (Wildman–Crippen MR) is 65.8 cm³/mol. The topological polar surface area (TPSA) is 79.7 Å². The Morgan fingerprint density at radius 3 is 3.16 bits per heavy atom. The van der Waals surface area contributed by atoms with Crippen molar-refractivity contribution in [2.45, 2.75) is 11.7 Å². The van der Waals surface area contributed by atoms with Gasteiger partial charge in [0.2, 0.25) is 5.91 Å². The molecule has 2 bridgehead atoms. The van der Waals surface area contributed by atoms with Crippen molar-refractivity contribution in [3.8, 4) is 0 Å². The number of fused-ring (bicyclic) bond motifs is 1. The van der Waals surface area contributed by atoms with Crippen molar-refractivity contribution in [2.75, 3.05) is 11.4 Å². The molecule has 4 rings (SSSR count). The molecule has 1 spiro atoms. The van der Waals surface area contributed by atoms with Gasteiger partial charge >= 0.3 is 5.97 Å². The third-order valence-electron chi connectivity index (χ3n) is 4.04. The van der Waals surface area contributed by atoms with Gasteiger partial charge < -0.3 is 9.84 Å². The summed E-state index contributed by atoms with van der Waals surface area (Å²) < 4.78 is 5.78. The number of carbonyl (C=O) groups is 2. The van der Waals surface area contributed by atoms with Crippen LogP contribution in [0.25, 0.3) is 0 Å². The minimum Gasteiger partial charge on any atom is -0.481 e. The summed E-state index contributed by atoms with van der Waals surface area (Å²) in [6.45, 7) is 0.348. The Hall–Kier alpha value is -1.73. The van der Waals surface area contributed by atoms with E-state index in [0.717, 1.165) is 0 Å². The van der Waals surface area contributed by atoms with Gasteiger partial charge in [0.1, 0.15) is 11.5 Å². The molecule has 6 nitrogen and oxygen atoms in total. The fourth-order valence-corrected chi connectivity index (χ4v) is 3.94. The summed E-state index contributed by atoms with van der Waals surface area (Å²) in [5.74, 6) is -2.60. The molecule has 19 heavy (non-hydrogen) atoms. The van der Waals surface area contributed by atoms with Crippen molar-refractivity contribution >= 4 is 28.3 Å². The van der Waals surface area contributed by atoms with Crippen LogP contribution in [0.5, 0.6) is 0 Å². The zero-order valence-corrected chi connectivity index (χ0v) is 10.5. The molecule has 0 unspecified atom stereocenters. The fourth-order valence-electron chi connectivity index (χ4n) is 3.29. The van der Waals surface area contributed by atoms with E-state index in [1.165, 1.54) is 16.2 Å². The Morgan fingerprint density at radius 1 is 1.63 bits per heavy atom. The molecular formula is C12H10N2O4S. The van der Waals surface area contributed by atoms with Crippen LogP contribution in [-0.2, 0) is 14.3 Å². The number of carboxylic acids is 1. The molecule has 1 amide bonds. The van der Waals surface area contributed by atoms with Crippen molar-refractivity contribution in [1.29, 1.82) is 0 Å². The van der Waals surface area contributed by atoms with Gasteiger partial charge in [-0.05, 0) is 0 Å². The van der Waals surface area contributed by atoms with Gasteiger partial charge in [0, 0.05) is 11.6 Å². The lowest BCUT2D eigenvalue weighted by Gasteiger charge is -2.21. The monoisotopic (exact) mass is 278 g/mol. The summed E-state index contributed by atoms with van der Waals surface area (Å²) in [4.78, 5) is 29.5. The standard InChI is InChI=1S/C12H10N2O4S/c15-9-8-7(10(16)17)6-1-2-12(8,18-6)5-14(9)11-13-3-4-19-11/h1-4,6-8H,5H2,(H,16,17)/t6-,7+,8-,12-/m1/s1. The third-order valence-corrected chi connectivity index (χ3v) is 4.83. The molecule has 3 aliphatic heterocycles. The zero-order chi connectivity index (χ0) is 13.2. The van der Waals surface area contributed by atoms with Gasteiger partial charge in [-0.2, -0.15) is 0 Å². The number of hydrogen-bond acceptors (Lipinski definition) is 5. The maximum Gasteiger partial charge on any atom is 0.310 e. The molecule has 1 aromatic rings. The van der Waals surface area contributed by atoms with E-state index in [1.54, 1.807) is 17.7 Å². The lowest BCUT2D eigenvalue weighted by Crippen LogP contribution is -2.39. The molecule has 0 radical (unpaired) electrons. The Labute approximate surface area is 112 Å². The van der Waals surface area contributed by atoms with Crippen LogP contribution in [0, 0.1) is 11.8 Å². The number of thiazole rings is 1. The number of anilines is 1. The van der Waals surface area contributed by atoms with Crippen LogP contribution < -0.4 is 4.90 Å². The molecule has 0 saturated carbocycles. The van der Waals surface area contributed by atoms with Crippen molar-refractivity contribution in [3.63, 3.8) is 0 Å². The fraction of sp³-hybridized carbons (Fsp3) is 0.417. The first-order valence-electron chi connectivity index (χ1n) is 5.93. The highest BCUT2D eigenvalue weighted by atomic mass is 32.1. The highest BCUT2D eigenvalue weighted by Crippen LogP contribution is 2.52. The number of ether oxygens (including phenoxy) is 1. The molecule has 4 atom stereocenters. The van der Waals surface area contributed by atoms with E-state index < -0.39 is 29.5 Å². The van der Waals surface area contributed by atoms with Crippen molar-refractivity contribution in [3.05, 3.63) is 23.7 Å². The van der Waals surface area contributed by atoms with Gasteiger partial charge in [-0.15, -0.1) is 11.3 Å². The smallest absolute Gasteiger partial charge is 0.310 e. The number of hydrogen-bond donors (Lipinski definition) is 1. The first-order chi connectivity index (χ1) is 9.12. The lowest BCUT2D eigenvalue weighted by atomic mass is 9.77. The summed E-state index contributed by atoms with van der Waals surface area (Å²) in [5.41, 5.74) is -0.781. The van der Waals surface area contributed by atoms with Gasteiger partial charge in [-0.3, -0.25) is 14.5 Å². The number of aromatic nitrogens is 1. The average molecular weight is 278 g/mol. The Bertz CT molecular complexity index is 599. The van der Waals surface area contributed by atoms with Crippen LogP contribution in [0.1, 0.15) is 0 Å². The van der Waals surface area contributed by atoms with E-state index in [1.807, 2.05) is 6.08 Å². The second-order valence-electron chi connectivity index (χ2n) is 4.98. The molecule has 2 saturated heterocycles. The second-order valence-corrected chi connectivity index (χ2v) is 5.85. The quantitative estimate of drug-likeness (QED) is 0.797. The molecule has 1 aromatic heterocycles. The van der Waals surface area contributed by atoms with Crippen LogP contribution in [0.15, 0.2) is 23.7 Å². The predicted octanol–water partition coefficient (Wildman–Crippen LogP) is 0.514. The molecule has 1 N–H and O–H groups in total. The number of aliphatic carboxylic acids is 1. The normalized spacial score (nSPS) is 39.1. The highest BCUT2D eigenvalue weighted by Gasteiger charge is 2.67. The number of carboxylic acid groups (broad SMARTS) is 1. The van der Waals surface area contributed by atoms with Gasteiger partial charge in [0.25, 0.3) is 0 Å². The van der Waals surface area contributed by atoms with E-state index in [2.05, 4.69) is 4.98 Å². The molecule has 0 aliphatic carbocycles. The minimum atomic E-state index is -0.976. The van der Waals surface area contributed by atoms with Gasteiger partial charge in [0.15, 0.2) is 5.13 Å². The average Bonchev–Trinajstić information content (AvgIpc) is 3.09. The molecule has 4 heterocycles. The number of rotatable bonds is 2. The Balaban J connectivity index is 1.77. The lowest BCUT2D eigenvalue weighted by molar-refractivity contribution is -0.146. The molecule has 2 fully saturated rings. The van der Waals surface area contributed by atoms with E-state index in [9.17, 15) is 14.7 Å². The SMILES string of the molecule is O=C(O)[C@H]1[C@H]2C=C[C@]3(CN(c4nccs4)C(=O)[C@@H]13)O2. The second kappa shape index (κ2) is 3.43. The minimum absolute atomic E-state index is 0.200. The van der Waals surface area contributed by atoms with Crippen molar-refractivity contribution < 1.29 is 19.4 Å². The van der Waals surface area contributed by atoms with Crippen molar-refractivity contribution in [2.24, 2.45) is 11.8 Å². The molecule has 98 valence electrons. The maximum atomic E-state index is 12.5. The van der Waals surface area contributed by atoms with Crippen molar-refractivity contribution in [1.82, 2.24) is 4.98 Å². The summed E-state index contributed by atoms with van der Waals surface area (Å²) in [5, 5.41) is 11.7. The van der Waals surface area contributed by atoms with Gasteiger partial charge in [0.05, 0.1) is 18.6 Å². The van der Waals surface area contributed by atoms with Gasteiger partial charge in [-0.25, -0.2) is 4.98 Å². The van der Waals surface area contributed by atoms with Crippen LogP contribution in [0.4, 0.5) is 5.13 Å². The van der Waals surface area contributed by atoms with E-state index in [-0.39, 0.29) is 5.91 Å². The van der Waals surface area contributed by atoms with Crippen LogP contribution in [-0.4, -0.2) is 40.2 Å². The number of nitrogens with zero attached hydrogens (tertiary/aromatic N) is 2. The number of carbonyl (C=O) groups excluding carboxylic acids is 1.